The minimum absolute atomic E-state index is 0.666. The van der Waals surface area contributed by atoms with Crippen LogP contribution in [0.3, 0.4) is 0 Å². The third-order valence-electron chi connectivity index (χ3n) is 0.334. The maximum Gasteiger partial charge on any atom is 0.0593 e. The second-order valence-corrected chi connectivity index (χ2v) is 0.837. The predicted octanol–water partition coefficient (Wildman–Crippen LogP) is 1.46. The van der Waals surface area contributed by atoms with E-state index in [2.05, 4.69) is 20.7 Å². The topological polar surface area (TPSA) is 49.4 Å². The lowest BCUT2D eigenvalue weighted by Gasteiger charge is -1.69. The smallest absolute Gasteiger partial charge is 0.0593 e. The van der Waals surface area contributed by atoms with Gasteiger partial charge in [0.05, 0.1) is 13.6 Å². The lowest BCUT2D eigenvalue weighted by atomic mass is 10.8. The SMILES string of the molecule is CC/N=N\N=N/C. The fraction of sp³-hybridized carbons (Fsp3) is 1.00. The molecule has 4 nitrogen and oxygen atoms in total. The summed E-state index contributed by atoms with van der Waals surface area (Å²) in [5.74, 6) is 0. The molecule has 0 aromatic rings. The molecule has 0 amide bonds. The van der Waals surface area contributed by atoms with E-state index in [-0.39, 0.29) is 0 Å². The van der Waals surface area contributed by atoms with Gasteiger partial charge in [0.1, 0.15) is 0 Å². The van der Waals surface area contributed by atoms with E-state index >= 15 is 0 Å². The summed E-state index contributed by atoms with van der Waals surface area (Å²) in [7, 11) is 1.55. The zero-order chi connectivity index (χ0) is 5.54. The molecular formula is C3H8N4. The van der Waals surface area contributed by atoms with E-state index in [4.69, 9.17) is 0 Å². The molecule has 4 heteroatoms. The Hall–Kier alpha value is -0.800. The van der Waals surface area contributed by atoms with Gasteiger partial charge in [0, 0.05) is 0 Å². The minimum Gasteiger partial charge on any atom is -0.171 e. The summed E-state index contributed by atoms with van der Waals surface area (Å²) in [6, 6.07) is 0. The number of nitrogens with zero attached hydrogens (tertiary/aromatic N) is 4. The van der Waals surface area contributed by atoms with Gasteiger partial charge in [-0.05, 0) is 17.4 Å². The molecular weight excluding hydrogens is 92.1 g/mol. The molecule has 0 heterocycles. The van der Waals surface area contributed by atoms with Gasteiger partial charge in [-0.2, -0.15) is 10.2 Å². The third-order valence-corrected chi connectivity index (χ3v) is 0.334. The fourth-order valence-corrected chi connectivity index (χ4v) is 0.132. The molecule has 0 aromatic carbocycles. The number of hydrogen-bond donors (Lipinski definition) is 0. The van der Waals surface area contributed by atoms with Crippen molar-refractivity contribution >= 4 is 0 Å². The summed E-state index contributed by atoms with van der Waals surface area (Å²) in [5, 5.41) is 13.4. The molecule has 0 N–H and O–H groups in total. The Bertz CT molecular complexity index is 75.0. The zero-order valence-corrected chi connectivity index (χ0v) is 4.50. The standard InChI is InChI=1S/C3H8N4/c1-3-5-7-6-4-2/h3H2,1-2H3/b6-4-,7-5-. The Labute approximate surface area is 42.3 Å². The molecule has 0 aromatic heterocycles. The van der Waals surface area contributed by atoms with Crippen LogP contribution < -0.4 is 0 Å². The Balaban J connectivity index is 3.09. The molecule has 0 rings (SSSR count). The van der Waals surface area contributed by atoms with Crippen LogP contribution >= 0.6 is 0 Å². The molecule has 0 aliphatic heterocycles. The van der Waals surface area contributed by atoms with Gasteiger partial charge < -0.3 is 0 Å². The zero-order valence-electron chi connectivity index (χ0n) is 4.50. The molecule has 0 aliphatic carbocycles. The molecule has 0 fully saturated rings. The first kappa shape index (κ1) is 6.20. The van der Waals surface area contributed by atoms with Crippen LogP contribution in [0.1, 0.15) is 6.92 Å². The molecule has 0 atom stereocenters. The van der Waals surface area contributed by atoms with E-state index in [0.717, 1.165) is 0 Å². The van der Waals surface area contributed by atoms with E-state index in [1.54, 1.807) is 7.05 Å². The quantitative estimate of drug-likeness (QED) is 0.372. The maximum atomic E-state index is 3.53. The Morgan fingerprint density at radius 3 is 2.43 bits per heavy atom. The maximum absolute atomic E-state index is 3.53. The van der Waals surface area contributed by atoms with Gasteiger partial charge in [-0.25, -0.2) is 0 Å². The summed E-state index contributed by atoms with van der Waals surface area (Å²) in [6.45, 7) is 2.55. The fourth-order valence-electron chi connectivity index (χ4n) is 0.132. The molecule has 0 saturated carbocycles. The molecule has 0 bridgehead atoms. The van der Waals surface area contributed by atoms with E-state index in [1.807, 2.05) is 6.92 Å². The number of rotatable bonds is 2. The molecule has 0 unspecified atom stereocenters. The Morgan fingerprint density at radius 1 is 1.29 bits per heavy atom. The van der Waals surface area contributed by atoms with Gasteiger partial charge in [-0.15, -0.1) is 0 Å². The van der Waals surface area contributed by atoms with Crippen molar-refractivity contribution < 1.29 is 0 Å². The van der Waals surface area contributed by atoms with Crippen LogP contribution in [-0.2, 0) is 0 Å². The van der Waals surface area contributed by atoms with Gasteiger partial charge in [0.25, 0.3) is 0 Å². The monoisotopic (exact) mass is 100 g/mol. The first-order valence-corrected chi connectivity index (χ1v) is 2.07. The largest absolute Gasteiger partial charge is 0.171 e. The third kappa shape index (κ3) is 5.20. The van der Waals surface area contributed by atoms with Crippen molar-refractivity contribution in [3.63, 3.8) is 0 Å². The van der Waals surface area contributed by atoms with Crippen LogP contribution in [-0.4, -0.2) is 13.6 Å². The molecule has 40 valence electrons. The average molecular weight is 100 g/mol. The van der Waals surface area contributed by atoms with Crippen LogP contribution in [0.2, 0.25) is 0 Å². The van der Waals surface area contributed by atoms with Crippen LogP contribution in [0.4, 0.5) is 0 Å². The second kappa shape index (κ2) is 5.20. The molecule has 0 radical (unpaired) electrons. The highest BCUT2D eigenvalue weighted by Crippen LogP contribution is 1.74. The summed E-state index contributed by atoms with van der Waals surface area (Å²) in [4.78, 5) is 0. The summed E-state index contributed by atoms with van der Waals surface area (Å²) in [6.07, 6.45) is 0. The van der Waals surface area contributed by atoms with Crippen molar-refractivity contribution in [2.75, 3.05) is 13.6 Å². The van der Waals surface area contributed by atoms with Crippen LogP contribution in [0, 0.1) is 0 Å². The van der Waals surface area contributed by atoms with Crippen molar-refractivity contribution in [1.82, 2.24) is 0 Å². The van der Waals surface area contributed by atoms with E-state index in [9.17, 15) is 0 Å². The van der Waals surface area contributed by atoms with Crippen molar-refractivity contribution in [3.05, 3.63) is 0 Å². The van der Waals surface area contributed by atoms with Crippen LogP contribution in [0.15, 0.2) is 20.7 Å². The highest BCUT2D eigenvalue weighted by Gasteiger charge is 1.59. The van der Waals surface area contributed by atoms with E-state index in [1.165, 1.54) is 0 Å². The van der Waals surface area contributed by atoms with E-state index < -0.39 is 0 Å². The Morgan fingerprint density at radius 2 is 2.00 bits per heavy atom. The molecule has 7 heavy (non-hydrogen) atoms. The Kier molecular flexibility index (Phi) is 4.61. The highest BCUT2D eigenvalue weighted by atomic mass is 15.4. The first-order valence-electron chi connectivity index (χ1n) is 2.07. The van der Waals surface area contributed by atoms with Crippen LogP contribution in [0.5, 0.6) is 0 Å². The van der Waals surface area contributed by atoms with Gasteiger partial charge in [0.15, 0.2) is 0 Å². The normalized spacial score (nSPS) is 11.7. The van der Waals surface area contributed by atoms with Gasteiger partial charge in [-0.1, -0.05) is 0 Å². The summed E-state index contributed by atoms with van der Waals surface area (Å²) >= 11 is 0. The van der Waals surface area contributed by atoms with Gasteiger partial charge >= 0.3 is 0 Å². The van der Waals surface area contributed by atoms with Gasteiger partial charge in [0.2, 0.25) is 0 Å². The lowest BCUT2D eigenvalue weighted by Crippen LogP contribution is -1.58. The van der Waals surface area contributed by atoms with Crippen molar-refractivity contribution in [2.24, 2.45) is 20.7 Å². The van der Waals surface area contributed by atoms with Crippen molar-refractivity contribution in [2.45, 2.75) is 6.92 Å². The summed E-state index contributed by atoms with van der Waals surface area (Å²) < 4.78 is 0. The van der Waals surface area contributed by atoms with E-state index in [0.29, 0.717) is 6.54 Å². The highest BCUT2D eigenvalue weighted by molar-refractivity contribution is 4.18. The summed E-state index contributed by atoms with van der Waals surface area (Å²) in [5.41, 5.74) is 0. The van der Waals surface area contributed by atoms with Crippen molar-refractivity contribution in [1.29, 1.82) is 0 Å². The molecule has 0 spiro atoms. The van der Waals surface area contributed by atoms with Crippen molar-refractivity contribution in [3.8, 4) is 0 Å². The van der Waals surface area contributed by atoms with Gasteiger partial charge in [-0.3, -0.25) is 0 Å². The molecule has 0 aliphatic rings. The minimum atomic E-state index is 0.666. The molecule has 0 saturated heterocycles. The lowest BCUT2D eigenvalue weighted by molar-refractivity contribution is 0.865. The second-order valence-electron chi connectivity index (χ2n) is 0.837. The number of hydrogen-bond acceptors (Lipinski definition) is 2. The predicted molar refractivity (Wildman–Crippen MR) is 26.2 cm³/mol. The average Bonchev–Trinajstić information content (AvgIpc) is 1.69. The first-order chi connectivity index (χ1) is 3.41. The van der Waals surface area contributed by atoms with Crippen LogP contribution in [0.25, 0.3) is 0 Å².